The molecule has 164 valence electrons. The van der Waals surface area contributed by atoms with Crippen LogP contribution in [0, 0.1) is 5.82 Å². The van der Waals surface area contributed by atoms with Crippen molar-refractivity contribution in [3.05, 3.63) is 100.0 Å². The van der Waals surface area contributed by atoms with E-state index in [0.717, 1.165) is 22.2 Å². The van der Waals surface area contributed by atoms with Gasteiger partial charge in [0.25, 0.3) is 5.56 Å². The van der Waals surface area contributed by atoms with Gasteiger partial charge in [0.2, 0.25) is 0 Å². The average molecular weight is 452 g/mol. The normalized spacial score (nSPS) is 10.8. The van der Waals surface area contributed by atoms with Gasteiger partial charge >= 0.3 is 0 Å². The Bertz CT molecular complexity index is 1270. The summed E-state index contributed by atoms with van der Waals surface area (Å²) >= 11 is 5.62. The quantitative estimate of drug-likeness (QED) is 0.407. The fraction of sp³-hybridized carbons (Fsp3) is 0.167. The summed E-state index contributed by atoms with van der Waals surface area (Å²) in [5.74, 6) is 1.14. The van der Waals surface area contributed by atoms with E-state index in [-0.39, 0.29) is 17.9 Å². The number of halogens is 1. The molecule has 6 nitrogen and oxygen atoms in total. The van der Waals surface area contributed by atoms with E-state index in [1.54, 1.807) is 37.6 Å². The number of methoxy groups -OCH3 is 1. The molecule has 0 saturated carbocycles. The summed E-state index contributed by atoms with van der Waals surface area (Å²) in [7, 11) is 1.60. The van der Waals surface area contributed by atoms with Crippen LogP contribution in [0.1, 0.15) is 16.9 Å². The lowest BCUT2D eigenvalue weighted by Crippen LogP contribution is -2.39. The summed E-state index contributed by atoms with van der Waals surface area (Å²) in [6, 6.07) is 17.2. The van der Waals surface area contributed by atoms with Gasteiger partial charge in [-0.15, -0.1) is 0 Å². The average Bonchev–Trinajstić information content (AvgIpc) is 3.32. The molecule has 0 aliphatic carbocycles. The number of aromatic nitrogens is 1. The third kappa shape index (κ3) is 5.15. The molecule has 32 heavy (non-hydrogen) atoms. The number of fused-ring (bicyclic) bond motifs is 1. The molecule has 4 rings (SSSR count). The van der Waals surface area contributed by atoms with Crippen LogP contribution in [0.2, 0.25) is 0 Å². The van der Waals surface area contributed by atoms with Crippen LogP contribution in [-0.2, 0) is 19.6 Å². The van der Waals surface area contributed by atoms with Crippen molar-refractivity contribution in [1.82, 2.24) is 15.2 Å². The van der Waals surface area contributed by atoms with Crippen molar-refractivity contribution in [3.8, 4) is 5.75 Å². The number of ether oxygens (including phenoxy) is 1. The molecule has 0 fully saturated rings. The highest BCUT2D eigenvalue weighted by Gasteiger charge is 2.15. The Morgan fingerprint density at radius 3 is 2.69 bits per heavy atom. The first-order valence-corrected chi connectivity index (χ1v) is 10.4. The zero-order chi connectivity index (χ0) is 22.5. The second kappa shape index (κ2) is 9.65. The summed E-state index contributed by atoms with van der Waals surface area (Å²) in [5, 5.41) is 4.48. The minimum absolute atomic E-state index is 0.194. The Morgan fingerprint density at radius 2 is 1.97 bits per heavy atom. The van der Waals surface area contributed by atoms with Crippen LogP contribution in [0.3, 0.4) is 0 Å². The zero-order valence-corrected chi connectivity index (χ0v) is 18.2. The highest BCUT2D eigenvalue weighted by Crippen LogP contribution is 2.20. The molecule has 0 atom stereocenters. The van der Waals surface area contributed by atoms with Gasteiger partial charge in [-0.05, 0) is 66.3 Å². The molecule has 2 N–H and O–H groups in total. The number of furan rings is 1. The summed E-state index contributed by atoms with van der Waals surface area (Å²) in [6.45, 7) is 1.08. The first kappa shape index (κ1) is 21.6. The molecule has 4 aromatic rings. The first-order chi connectivity index (χ1) is 15.5. The molecule has 8 heteroatoms. The van der Waals surface area contributed by atoms with Crippen LogP contribution in [0.4, 0.5) is 4.39 Å². The second-order valence-electron chi connectivity index (χ2n) is 7.30. The van der Waals surface area contributed by atoms with Crippen molar-refractivity contribution >= 4 is 28.2 Å². The van der Waals surface area contributed by atoms with Gasteiger partial charge < -0.3 is 24.4 Å². The van der Waals surface area contributed by atoms with Crippen LogP contribution in [0.5, 0.6) is 5.75 Å². The lowest BCUT2D eigenvalue weighted by molar-refractivity contribution is 0.393. The molecule has 0 radical (unpaired) electrons. The number of H-pyrrole nitrogens is 1. The molecular weight excluding hydrogens is 429 g/mol. The van der Waals surface area contributed by atoms with Gasteiger partial charge in [-0.3, -0.25) is 4.79 Å². The van der Waals surface area contributed by atoms with E-state index in [0.29, 0.717) is 29.5 Å². The summed E-state index contributed by atoms with van der Waals surface area (Å²) in [5.41, 5.74) is 1.95. The second-order valence-corrected chi connectivity index (χ2v) is 7.68. The maximum atomic E-state index is 13.4. The van der Waals surface area contributed by atoms with Crippen molar-refractivity contribution in [2.45, 2.75) is 19.6 Å². The van der Waals surface area contributed by atoms with Gasteiger partial charge in [0.1, 0.15) is 17.3 Å². The molecule has 0 bridgehead atoms. The highest BCUT2D eigenvalue weighted by molar-refractivity contribution is 7.80. The smallest absolute Gasteiger partial charge is 0.253 e. The number of hydrogen-bond donors (Lipinski definition) is 2. The van der Waals surface area contributed by atoms with E-state index in [2.05, 4.69) is 10.3 Å². The monoisotopic (exact) mass is 451 g/mol. The predicted molar refractivity (Wildman–Crippen MR) is 125 cm³/mol. The van der Waals surface area contributed by atoms with Crippen LogP contribution in [0.25, 0.3) is 10.9 Å². The van der Waals surface area contributed by atoms with Crippen LogP contribution < -0.4 is 15.6 Å². The standard InChI is InChI=1S/C24H22FN3O3S/c1-30-20-8-9-22-17(12-20)11-18(23(29)27-22)15-28(14-16-4-6-19(25)7-5-16)24(32)26-13-21-3-2-10-31-21/h2-12H,13-15H2,1H3,(H,26,32)(H,27,29). The van der Waals surface area contributed by atoms with Crippen molar-refractivity contribution in [2.24, 2.45) is 0 Å². The molecule has 0 amide bonds. The van der Waals surface area contributed by atoms with E-state index >= 15 is 0 Å². The molecule has 0 aliphatic heterocycles. The molecule has 0 unspecified atom stereocenters. The Balaban J connectivity index is 1.61. The Morgan fingerprint density at radius 1 is 1.16 bits per heavy atom. The summed E-state index contributed by atoms with van der Waals surface area (Å²) < 4.78 is 24.0. The maximum absolute atomic E-state index is 13.4. The fourth-order valence-electron chi connectivity index (χ4n) is 3.38. The SMILES string of the molecule is COc1ccc2[nH]c(=O)c(CN(Cc3ccc(F)cc3)C(=S)NCc3ccco3)cc2c1. The minimum atomic E-state index is -0.307. The predicted octanol–water partition coefficient (Wildman–Crippen LogP) is 4.35. The van der Waals surface area contributed by atoms with E-state index in [1.807, 2.05) is 29.2 Å². The van der Waals surface area contributed by atoms with Crippen molar-refractivity contribution in [3.63, 3.8) is 0 Å². The summed E-state index contributed by atoms with van der Waals surface area (Å²) in [6.07, 6.45) is 1.60. The molecule has 0 saturated heterocycles. The number of aromatic amines is 1. The molecule has 2 aromatic carbocycles. The Labute approximate surface area is 189 Å². The molecule has 0 aliphatic rings. The number of benzene rings is 2. The maximum Gasteiger partial charge on any atom is 0.253 e. The van der Waals surface area contributed by atoms with Crippen LogP contribution >= 0.6 is 12.2 Å². The molecule has 2 aromatic heterocycles. The van der Waals surface area contributed by atoms with Gasteiger partial charge in [0.05, 0.1) is 26.5 Å². The number of thiocarbonyl (C=S) groups is 1. The molecular formula is C24H22FN3O3S. The van der Waals surface area contributed by atoms with Gasteiger partial charge in [0.15, 0.2) is 5.11 Å². The number of rotatable bonds is 7. The van der Waals surface area contributed by atoms with Crippen molar-refractivity contribution in [2.75, 3.05) is 7.11 Å². The van der Waals surface area contributed by atoms with E-state index in [1.165, 1.54) is 12.1 Å². The fourth-order valence-corrected chi connectivity index (χ4v) is 3.58. The third-order valence-electron chi connectivity index (χ3n) is 5.06. The zero-order valence-electron chi connectivity index (χ0n) is 17.4. The van der Waals surface area contributed by atoms with Crippen LogP contribution in [0.15, 0.2) is 76.1 Å². The highest BCUT2D eigenvalue weighted by atomic mass is 32.1. The Kier molecular flexibility index (Phi) is 6.51. The largest absolute Gasteiger partial charge is 0.497 e. The van der Waals surface area contributed by atoms with Crippen molar-refractivity contribution in [1.29, 1.82) is 0 Å². The lowest BCUT2D eigenvalue weighted by atomic mass is 10.1. The van der Waals surface area contributed by atoms with E-state index in [4.69, 9.17) is 21.4 Å². The molecule has 2 heterocycles. The number of nitrogens with one attached hydrogen (secondary N) is 2. The van der Waals surface area contributed by atoms with Gasteiger partial charge in [0, 0.05) is 23.0 Å². The van der Waals surface area contributed by atoms with E-state index in [9.17, 15) is 9.18 Å². The lowest BCUT2D eigenvalue weighted by Gasteiger charge is -2.26. The van der Waals surface area contributed by atoms with Gasteiger partial charge in [-0.2, -0.15) is 0 Å². The van der Waals surface area contributed by atoms with Crippen LogP contribution in [-0.4, -0.2) is 22.1 Å². The van der Waals surface area contributed by atoms with Gasteiger partial charge in [-0.25, -0.2) is 4.39 Å². The number of hydrogen-bond acceptors (Lipinski definition) is 4. The minimum Gasteiger partial charge on any atom is -0.497 e. The van der Waals surface area contributed by atoms with E-state index < -0.39 is 0 Å². The first-order valence-electron chi connectivity index (χ1n) is 10.0. The van der Waals surface area contributed by atoms with Crippen molar-refractivity contribution < 1.29 is 13.5 Å². The number of nitrogens with zero attached hydrogens (tertiary/aromatic N) is 1. The molecule has 0 spiro atoms. The topological polar surface area (TPSA) is 70.5 Å². The Hall–Kier alpha value is -3.65. The van der Waals surface area contributed by atoms with Gasteiger partial charge in [-0.1, -0.05) is 12.1 Å². The summed E-state index contributed by atoms with van der Waals surface area (Å²) in [4.78, 5) is 17.5. The number of pyridine rings is 1. The third-order valence-corrected chi connectivity index (χ3v) is 5.46.